The van der Waals surface area contributed by atoms with E-state index in [9.17, 15) is 9.13 Å². The summed E-state index contributed by atoms with van der Waals surface area (Å²) < 4.78 is 32.7. The molecule has 6 heteroatoms. The minimum atomic E-state index is -2.31. The van der Waals surface area contributed by atoms with Crippen LogP contribution < -0.4 is 0 Å². The van der Waals surface area contributed by atoms with E-state index in [0.29, 0.717) is 13.2 Å². The maximum Gasteiger partial charge on any atom is 0.197 e. The molecule has 0 spiro atoms. The van der Waals surface area contributed by atoms with Gasteiger partial charge in [-0.25, -0.2) is 0 Å². The highest BCUT2D eigenvalue weighted by molar-refractivity contribution is 7.57. The van der Waals surface area contributed by atoms with Crippen molar-refractivity contribution in [3.63, 3.8) is 0 Å². The lowest BCUT2D eigenvalue weighted by Crippen LogP contribution is -1.94. The van der Waals surface area contributed by atoms with Gasteiger partial charge in [0.15, 0.2) is 14.7 Å². The Morgan fingerprint density at radius 3 is 1.25 bits per heavy atom. The molecule has 0 N–H and O–H groups in total. The van der Waals surface area contributed by atoms with Crippen LogP contribution in [0.25, 0.3) is 0 Å². The minimum absolute atomic E-state index is 0.561. The van der Waals surface area contributed by atoms with Crippen molar-refractivity contribution in [2.75, 3.05) is 39.9 Å². The van der Waals surface area contributed by atoms with Crippen LogP contribution in [-0.2, 0) is 18.2 Å². The molecule has 0 aliphatic heterocycles. The molecule has 0 aliphatic rings. The van der Waals surface area contributed by atoms with Gasteiger partial charge in [0.1, 0.15) is 0 Å². The molecule has 0 radical (unpaired) electrons. The Kier molecular flexibility index (Phi) is 7.84. The number of hydrogen-bond donors (Lipinski definition) is 0. The summed E-state index contributed by atoms with van der Waals surface area (Å²) in [5, 5.41) is 0. The molecular weight excluding hydrogens is 246 g/mol. The predicted molar refractivity (Wildman–Crippen MR) is 69.3 cm³/mol. The first-order valence-corrected chi connectivity index (χ1v) is 10.6. The van der Waals surface area contributed by atoms with E-state index in [1.807, 2.05) is 0 Å². The molecule has 0 aromatic heterocycles. The van der Waals surface area contributed by atoms with Crippen LogP contribution in [0.3, 0.4) is 0 Å². The lowest BCUT2D eigenvalue weighted by molar-refractivity contribution is 0.291. The van der Waals surface area contributed by atoms with Crippen LogP contribution in [-0.4, -0.2) is 39.9 Å². The lowest BCUT2D eigenvalue weighted by Gasteiger charge is -2.09. The van der Waals surface area contributed by atoms with Crippen LogP contribution in [0.2, 0.25) is 0 Å². The molecular formula is C10H24O4P2. The summed E-state index contributed by atoms with van der Waals surface area (Å²) in [6.45, 7) is 7.62. The van der Waals surface area contributed by atoms with Crippen molar-refractivity contribution in [1.29, 1.82) is 0 Å². The number of unbranched alkanes of at least 4 members (excludes halogenated alkanes) is 3. The molecule has 0 fully saturated rings. The molecule has 0 aromatic rings. The first-order valence-electron chi connectivity index (χ1n) is 5.60. The zero-order valence-electron chi connectivity index (χ0n) is 10.8. The fourth-order valence-corrected chi connectivity index (χ4v) is 2.26. The summed E-state index contributed by atoms with van der Waals surface area (Å²) in [6, 6.07) is 0. The van der Waals surface area contributed by atoms with Gasteiger partial charge in [-0.15, -0.1) is 0 Å². The van der Waals surface area contributed by atoms with Crippen molar-refractivity contribution in [2.24, 2.45) is 0 Å². The molecule has 0 aromatic carbocycles. The third-order valence-corrected chi connectivity index (χ3v) is 3.45. The van der Waals surface area contributed by atoms with Crippen molar-refractivity contribution < 1.29 is 18.2 Å². The summed E-state index contributed by atoms with van der Waals surface area (Å²) in [5.74, 6) is 0. The lowest BCUT2D eigenvalue weighted by atomic mass is 10.2. The molecule has 0 saturated carbocycles. The average Bonchev–Trinajstić information content (AvgIpc) is 2.06. The van der Waals surface area contributed by atoms with Gasteiger partial charge in [-0.3, -0.25) is 9.13 Å². The van der Waals surface area contributed by atoms with E-state index < -0.39 is 14.7 Å². The van der Waals surface area contributed by atoms with Crippen LogP contribution >= 0.6 is 14.7 Å². The van der Waals surface area contributed by atoms with E-state index >= 15 is 0 Å². The highest BCUT2D eigenvalue weighted by atomic mass is 31.2. The van der Waals surface area contributed by atoms with E-state index in [2.05, 4.69) is 0 Å². The molecule has 0 unspecified atom stereocenters. The standard InChI is InChI=1S/C10H24O4P2/c1-15(2,11)13-9-7-5-6-8-10-14-16(3,4)12/h5-10H2,1-4H3. The minimum Gasteiger partial charge on any atom is -0.329 e. The molecule has 0 aliphatic carbocycles. The van der Waals surface area contributed by atoms with E-state index in [1.165, 1.54) is 0 Å². The van der Waals surface area contributed by atoms with E-state index in [-0.39, 0.29) is 0 Å². The fourth-order valence-electron chi connectivity index (χ4n) is 1.13. The quantitative estimate of drug-likeness (QED) is 0.474. The largest absolute Gasteiger partial charge is 0.329 e. The van der Waals surface area contributed by atoms with Crippen molar-refractivity contribution in [2.45, 2.75) is 25.7 Å². The molecule has 0 atom stereocenters. The van der Waals surface area contributed by atoms with Gasteiger partial charge in [0, 0.05) is 26.7 Å². The van der Waals surface area contributed by atoms with Crippen LogP contribution in [0, 0.1) is 0 Å². The third-order valence-electron chi connectivity index (χ3n) is 1.84. The summed E-state index contributed by atoms with van der Waals surface area (Å²) in [4.78, 5) is 0. The maximum absolute atomic E-state index is 11.2. The molecule has 0 amide bonds. The Labute approximate surface area is 99.0 Å². The Morgan fingerprint density at radius 1 is 0.688 bits per heavy atom. The highest BCUT2D eigenvalue weighted by Crippen LogP contribution is 2.38. The SMILES string of the molecule is CP(C)(=O)OCCCCCCOP(C)(C)=O. The maximum atomic E-state index is 11.2. The topological polar surface area (TPSA) is 52.6 Å². The van der Waals surface area contributed by atoms with Gasteiger partial charge in [0.2, 0.25) is 0 Å². The zero-order chi connectivity index (χ0) is 12.7. The van der Waals surface area contributed by atoms with Gasteiger partial charge >= 0.3 is 0 Å². The summed E-state index contributed by atoms with van der Waals surface area (Å²) in [7, 11) is -4.62. The summed E-state index contributed by atoms with van der Waals surface area (Å²) in [5.41, 5.74) is 0. The normalized spacial score (nSPS) is 13.0. The van der Waals surface area contributed by atoms with Gasteiger partial charge in [0.05, 0.1) is 13.2 Å². The zero-order valence-corrected chi connectivity index (χ0v) is 12.6. The Hall–Kier alpha value is 0.380. The second-order valence-electron chi connectivity index (χ2n) is 4.58. The van der Waals surface area contributed by atoms with Gasteiger partial charge in [-0.05, 0) is 12.8 Å². The van der Waals surface area contributed by atoms with Gasteiger partial charge in [-0.2, -0.15) is 0 Å². The smallest absolute Gasteiger partial charge is 0.197 e. The molecule has 0 bridgehead atoms. The average molecular weight is 270 g/mol. The summed E-state index contributed by atoms with van der Waals surface area (Å²) in [6.07, 6.45) is 3.89. The Balaban J connectivity index is 3.23. The second-order valence-corrected chi connectivity index (χ2v) is 10.1. The van der Waals surface area contributed by atoms with Gasteiger partial charge < -0.3 is 9.05 Å². The molecule has 0 heterocycles. The Bertz CT molecular complexity index is 238. The van der Waals surface area contributed by atoms with Crippen LogP contribution in [0.5, 0.6) is 0 Å². The first kappa shape index (κ1) is 16.4. The highest BCUT2D eigenvalue weighted by Gasteiger charge is 2.06. The van der Waals surface area contributed by atoms with Crippen LogP contribution in [0.4, 0.5) is 0 Å². The van der Waals surface area contributed by atoms with Crippen molar-refractivity contribution >= 4 is 14.7 Å². The Morgan fingerprint density at radius 2 is 1.00 bits per heavy atom. The fraction of sp³-hybridized carbons (Fsp3) is 1.00. The van der Waals surface area contributed by atoms with Gasteiger partial charge in [0.25, 0.3) is 0 Å². The van der Waals surface area contributed by atoms with Crippen molar-refractivity contribution in [3.05, 3.63) is 0 Å². The van der Waals surface area contributed by atoms with Gasteiger partial charge in [-0.1, -0.05) is 12.8 Å². The van der Waals surface area contributed by atoms with E-state index in [0.717, 1.165) is 25.7 Å². The monoisotopic (exact) mass is 270 g/mol. The van der Waals surface area contributed by atoms with Crippen LogP contribution in [0.15, 0.2) is 0 Å². The molecule has 0 saturated heterocycles. The summed E-state index contributed by atoms with van der Waals surface area (Å²) >= 11 is 0. The van der Waals surface area contributed by atoms with Crippen LogP contribution in [0.1, 0.15) is 25.7 Å². The molecule has 4 nitrogen and oxygen atoms in total. The number of rotatable bonds is 9. The van der Waals surface area contributed by atoms with E-state index in [1.54, 1.807) is 26.7 Å². The molecule has 0 rings (SSSR count). The molecule has 16 heavy (non-hydrogen) atoms. The predicted octanol–water partition coefficient (Wildman–Crippen LogP) is 3.66. The number of hydrogen-bond acceptors (Lipinski definition) is 4. The van der Waals surface area contributed by atoms with Crippen molar-refractivity contribution in [1.82, 2.24) is 0 Å². The first-order chi connectivity index (χ1) is 7.21. The van der Waals surface area contributed by atoms with Crippen molar-refractivity contribution in [3.8, 4) is 0 Å². The third kappa shape index (κ3) is 14.4. The second kappa shape index (κ2) is 7.66. The van der Waals surface area contributed by atoms with E-state index in [4.69, 9.17) is 9.05 Å². The molecule has 98 valence electrons.